The lowest BCUT2D eigenvalue weighted by Crippen LogP contribution is -2.30. The fourth-order valence-electron chi connectivity index (χ4n) is 7.91. The lowest BCUT2D eigenvalue weighted by Gasteiger charge is -2.18. The maximum atomic E-state index is 12.8. The molecule has 0 amide bonds. The van der Waals surface area contributed by atoms with E-state index >= 15 is 0 Å². The monoisotopic (exact) mass is 895 g/mol. The molecule has 5 nitrogen and oxygen atoms in total. The van der Waals surface area contributed by atoms with E-state index in [1.54, 1.807) is 0 Å². The molecule has 0 aliphatic rings. The van der Waals surface area contributed by atoms with E-state index in [1.165, 1.54) is 161 Å². The molecule has 0 aromatic rings. The molecule has 5 heteroatoms. The van der Waals surface area contributed by atoms with Gasteiger partial charge in [0.25, 0.3) is 0 Å². The molecule has 64 heavy (non-hydrogen) atoms. The van der Waals surface area contributed by atoms with Gasteiger partial charge in [-0.3, -0.25) is 9.59 Å². The van der Waals surface area contributed by atoms with Crippen molar-refractivity contribution in [2.45, 2.75) is 284 Å². The van der Waals surface area contributed by atoms with Crippen LogP contribution >= 0.6 is 0 Å². The van der Waals surface area contributed by atoms with E-state index < -0.39 is 6.10 Å². The Morgan fingerprint density at radius 1 is 0.359 bits per heavy atom. The van der Waals surface area contributed by atoms with Crippen molar-refractivity contribution in [3.05, 3.63) is 60.8 Å². The van der Waals surface area contributed by atoms with Crippen molar-refractivity contribution >= 4 is 11.9 Å². The topological polar surface area (TPSA) is 61.8 Å². The highest BCUT2D eigenvalue weighted by Gasteiger charge is 2.17. The molecule has 0 aromatic carbocycles. The molecule has 0 N–H and O–H groups in total. The number of esters is 2. The van der Waals surface area contributed by atoms with Gasteiger partial charge in [-0.05, 0) is 83.5 Å². The summed E-state index contributed by atoms with van der Waals surface area (Å²) < 4.78 is 17.4. The standard InChI is InChI=1S/C59H106O5/c1-4-7-10-13-16-19-22-25-27-29-31-33-36-39-42-45-48-51-54-62-55-57(64-59(61)53-50-47-44-41-38-34-24-21-18-15-12-9-6-3)56-63-58(60)52-49-46-43-40-37-35-32-30-28-26-23-20-17-14-11-8-5-2/h7,10,16,19,21,24-25,27,31,33,57H,4-6,8-9,11-15,17-18,20,22-23,26,28-30,32,34-56H2,1-3H3/b10-7-,19-16-,24-21-,27-25-,33-31-. The summed E-state index contributed by atoms with van der Waals surface area (Å²) in [7, 11) is 0. The molecule has 0 rings (SSSR count). The summed E-state index contributed by atoms with van der Waals surface area (Å²) in [5.74, 6) is -0.407. The fourth-order valence-corrected chi connectivity index (χ4v) is 7.91. The summed E-state index contributed by atoms with van der Waals surface area (Å²) >= 11 is 0. The zero-order chi connectivity index (χ0) is 46.3. The van der Waals surface area contributed by atoms with Crippen molar-refractivity contribution in [2.24, 2.45) is 0 Å². The first-order valence-corrected chi connectivity index (χ1v) is 27.8. The molecular formula is C59H106O5. The summed E-state index contributed by atoms with van der Waals surface area (Å²) in [6, 6.07) is 0. The molecule has 372 valence electrons. The van der Waals surface area contributed by atoms with Crippen LogP contribution in [0.3, 0.4) is 0 Å². The molecule has 0 aliphatic heterocycles. The van der Waals surface area contributed by atoms with Gasteiger partial charge in [0.2, 0.25) is 0 Å². The second-order valence-corrected chi connectivity index (χ2v) is 18.5. The second-order valence-electron chi connectivity index (χ2n) is 18.5. The third-order valence-electron chi connectivity index (χ3n) is 12.0. The van der Waals surface area contributed by atoms with Crippen molar-refractivity contribution in [1.82, 2.24) is 0 Å². The lowest BCUT2D eigenvalue weighted by atomic mass is 10.0. The number of carbonyl (C=O) groups excluding carboxylic acids is 2. The Hall–Kier alpha value is -2.40. The number of hydrogen-bond acceptors (Lipinski definition) is 5. The lowest BCUT2D eigenvalue weighted by molar-refractivity contribution is -0.163. The molecule has 0 aliphatic carbocycles. The highest BCUT2D eigenvalue weighted by atomic mass is 16.6. The van der Waals surface area contributed by atoms with Gasteiger partial charge in [0, 0.05) is 19.4 Å². The van der Waals surface area contributed by atoms with Gasteiger partial charge in [-0.2, -0.15) is 0 Å². The molecule has 0 bridgehead atoms. The average molecular weight is 895 g/mol. The first kappa shape index (κ1) is 61.6. The molecule has 1 unspecified atom stereocenters. The van der Waals surface area contributed by atoms with Crippen molar-refractivity contribution < 1.29 is 23.8 Å². The summed E-state index contributed by atoms with van der Waals surface area (Å²) in [5.41, 5.74) is 0. The van der Waals surface area contributed by atoms with E-state index in [2.05, 4.69) is 81.5 Å². The molecule has 0 fully saturated rings. The molecule has 0 radical (unpaired) electrons. The van der Waals surface area contributed by atoms with E-state index in [9.17, 15) is 9.59 Å². The maximum Gasteiger partial charge on any atom is 0.306 e. The number of allylic oxidation sites excluding steroid dienone is 10. The quantitative estimate of drug-likeness (QED) is 0.0346. The SMILES string of the molecule is CC/C=C\C/C=C\C/C=C\C/C=C\CCCCCCCOCC(COC(=O)CCCCCCCCCCCCCCCCCCC)OC(=O)CCCCCCC/C=C\CCCCCC. The van der Waals surface area contributed by atoms with E-state index in [1.807, 2.05) is 0 Å². The zero-order valence-electron chi connectivity index (χ0n) is 42.8. The minimum atomic E-state index is -0.549. The molecule has 1 atom stereocenters. The Balaban J connectivity index is 4.27. The normalized spacial score (nSPS) is 12.6. The molecule has 0 saturated heterocycles. The van der Waals surface area contributed by atoms with Crippen LogP contribution in [0.4, 0.5) is 0 Å². The minimum absolute atomic E-state index is 0.0763. The van der Waals surface area contributed by atoms with Crippen LogP contribution in [-0.4, -0.2) is 37.9 Å². The van der Waals surface area contributed by atoms with E-state index in [0.29, 0.717) is 19.4 Å². The van der Waals surface area contributed by atoms with Crippen LogP contribution in [0, 0.1) is 0 Å². The third-order valence-corrected chi connectivity index (χ3v) is 12.0. The van der Waals surface area contributed by atoms with Crippen LogP contribution in [0.5, 0.6) is 0 Å². The molecule has 0 heterocycles. The van der Waals surface area contributed by atoms with Gasteiger partial charge in [-0.25, -0.2) is 0 Å². The van der Waals surface area contributed by atoms with Crippen LogP contribution in [0.2, 0.25) is 0 Å². The minimum Gasteiger partial charge on any atom is -0.462 e. The number of hydrogen-bond donors (Lipinski definition) is 0. The molecule has 0 aromatic heterocycles. The maximum absolute atomic E-state index is 12.8. The Labute approximate surface area is 398 Å². The van der Waals surface area contributed by atoms with Crippen LogP contribution in [0.1, 0.15) is 278 Å². The second kappa shape index (κ2) is 54.9. The van der Waals surface area contributed by atoms with Crippen molar-refractivity contribution in [3.63, 3.8) is 0 Å². The van der Waals surface area contributed by atoms with Gasteiger partial charge < -0.3 is 14.2 Å². The van der Waals surface area contributed by atoms with Gasteiger partial charge in [0.1, 0.15) is 6.61 Å². The summed E-state index contributed by atoms with van der Waals surface area (Å²) in [4.78, 5) is 25.5. The Morgan fingerprint density at radius 2 is 0.703 bits per heavy atom. The Bertz CT molecular complexity index is 1100. The summed E-state index contributed by atoms with van der Waals surface area (Å²) in [6.07, 6.45) is 69.5. The predicted octanol–water partition coefficient (Wildman–Crippen LogP) is 18.9. The number of carbonyl (C=O) groups is 2. The van der Waals surface area contributed by atoms with Gasteiger partial charge in [0.05, 0.1) is 6.61 Å². The van der Waals surface area contributed by atoms with Gasteiger partial charge in [-0.1, -0.05) is 242 Å². The van der Waals surface area contributed by atoms with E-state index in [4.69, 9.17) is 14.2 Å². The van der Waals surface area contributed by atoms with Crippen molar-refractivity contribution in [1.29, 1.82) is 0 Å². The van der Waals surface area contributed by atoms with Crippen LogP contribution in [0.25, 0.3) is 0 Å². The van der Waals surface area contributed by atoms with Gasteiger partial charge in [0.15, 0.2) is 6.10 Å². The fraction of sp³-hybridized carbons (Fsp3) is 0.797. The van der Waals surface area contributed by atoms with Crippen molar-refractivity contribution in [2.75, 3.05) is 19.8 Å². The Kier molecular flexibility index (Phi) is 52.9. The summed E-state index contributed by atoms with van der Waals surface area (Å²) in [5, 5.41) is 0. The first-order chi connectivity index (χ1) is 31.6. The predicted molar refractivity (Wildman–Crippen MR) is 279 cm³/mol. The Morgan fingerprint density at radius 3 is 1.16 bits per heavy atom. The largest absolute Gasteiger partial charge is 0.462 e. The van der Waals surface area contributed by atoms with Crippen molar-refractivity contribution in [3.8, 4) is 0 Å². The third kappa shape index (κ3) is 52.2. The van der Waals surface area contributed by atoms with Crippen LogP contribution in [0.15, 0.2) is 60.8 Å². The molecular weight excluding hydrogens is 789 g/mol. The summed E-state index contributed by atoms with van der Waals surface area (Å²) in [6.45, 7) is 7.69. The average Bonchev–Trinajstić information content (AvgIpc) is 3.30. The van der Waals surface area contributed by atoms with E-state index in [0.717, 1.165) is 83.5 Å². The molecule has 0 spiro atoms. The van der Waals surface area contributed by atoms with Crippen LogP contribution < -0.4 is 0 Å². The van der Waals surface area contributed by atoms with Crippen LogP contribution in [-0.2, 0) is 23.8 Å². The van der Waals surface area contributed by atoms with Gasteiger partial charge in [-0.15, -0.1) is 0 Å². The highest BCUT2D eigenvalue weighted by molar-refractivity contribution is 5.70. The number of rotatable bonds is 51. The molecule has 0 saturated carbocycles. The smallest absolute Gasteiger partial charge is 0.306 e. The number of ether oxygens (including phenoxy) is 3. The zero-order valence-corrected chi connectivity index (χ0v) is 42.8. The van der Waals surface area contributed by atoms with Gasteiger partial charge >= 0.3 is 11.9 Å². The van der Waals surface area contributed by atoms with E-state index in [-0.39, 0.29) is 25.2 Å². The first-order valence-electron chi connectivity index (χ1n) is 27.8. The highest BCUT2D eigenvalue weighted by Crippen LogP contribution is 2.16. The number of unbranched alkanes of at least 4 members (excludes halogenated alkanes) is 30.